The van der Waals surface area contributed by atoms with Gasteiger partial charge in [-0.3, -0.25) is 14.5 Å². The van der Waals surface area contributed by atoms with Gasteiger partial charge in [0.2, 0.25) is 5.91 Å². The third-order valence-electron chi connectivity index (χ3n) is 5.71. The molecule has 0 radical (unpaired) electrons. The van der Waals surface area contributed by atoms with Crippen molar-refractivity contribution in [3.8, 4) is 5.75 Å². The molecular formula is C26H23ClFN3O3S. The minimum absolute atomic E-state index is 0.0939. The van der Waals surface area contributed by atoms with E-state index in [1.54, 1.807) is 48.4 Å². The van der Waals surface area contributed by atoms with E-state index < -0.39 is 11.9 Å². The maximum absolute atomic E-state index is 13.5. The van der Waals surface area contributed by atoms with Crippen LogP contribution in [0.3, 0.4) is 0 Å². The summed E-state index contributed by atoms with van der Waals surface area (Å²) in [5.41, 5.74) is 2.06. The molecule has 3 aromatic carbocycles. The van der Waals surface area contributed by atoms with Gasteiger partial charge in [0.05, 0.1) is 19.2 Å². The lowest BCUT2D eigenvalue weighted by atomic mass is 10.1. The number of methoxy groups -OCH3 is 1. The second-order valence-corrected chi connectivity index (χ2v) is 8.80. The Kier molecular flexibility index (Phi) is 7.63. The van der Waals surface area contributed by atoms with E-state index in [2.05, 4.69) is 5.32 Å². The first-order chi connectivity index (χ1) is 16.9. The fraction of sp³-hybridized carbons (Fsp3) is 0.192. The van der Waals surface area contributed by atoms with Gasteiger partial charge in [-0.1, -0.05) is 23.7 Å². The topological polar surface area (TPSA) is 61.9 Å². The number of nitrogens with one attached hydrogen (secondary N) is 1. The van der Waals surface area contributed by atoms with Crippen molar-refractivity contribution >= 4 is 52.1 Å². The molecule has 1 fully saturated rings. The van der Waals surface area contributed by atoms with Gasteiger partial charge in [0.1, 0.15) is 17.6 Å². The van der Waals surface area contributed by atoms with E-state index in [1.165, 1.54) is 29.2 Å². The number of anilines is 2. The quantitative estimate of drug-likeness (QED) is 0.428. The number of thiocarbonyl (C=S) groups is 1. The number of carbonyl (C=O) groups excluding carboxylic acids is 2. The molecule has 0 saturated carbocycles. The summed E-state index contributed by atoms with van der Waals surface area (Å²) < 4.78 is 18.6. The number of carbonyl (C=O) groups is 2. The second-order valence-electron chi connectivity index (χ2n) is 8.00. The highest BCUT2D eigenvalue weighted by Gasteiger charge is 2.43. The molecule has 1 N–H and O–H groups in total. The predicted octanol–water partition coefficient (Wildman–Crippen LogP) is 5.06. The minimum atomic E-state index is -0.793. The molecule has 35 heavy (non-hydrogen) atoms. The Morgan fingerprint density at radius 1 is 1.06 bits per heavy atom. The molecule has 180 valence electrons. The van der Waals surface area contributed by atoms with Crippen LogP contribution in [0.2, 0.25) is 5.02 Å². The van der Waals surface area contributed by atoms with Gasteiger partial charge in [0.15, 0.2) is 5.11 Å². The van der Waals surface area contributed by atoms with Crippen LogP contribution >= 0.6 is 23.8 Å². The van der Waals surface area contributed by atoms with Crippen LogP contribution in [0, 0.1) is 5.82 Å². The van der Waals surface area contributed by atoms with E-state index in [0.717, 1.165) is 5.56 Å². The molecule has 0 spiro atoms. The van der Waals surface area contributed by atoms with Gasteiger partial charge in [-0.15, -0.1) is 0 Å². The first-order valence-corrected chi connectivity index (χ1v) is 11.7. The third-order valence-corrected chi connectivity index (χ3v) is 6.38. The van der Waals surface area contributed by atoms with E-state index >= 15 is 0 Å². The average molecular weight is 512 g/mol. The summed E-state index contributed by atoms with van der Waals surface area (Å²) in [5, 5.41) is 3.73. The molecule has 0 bridgehead atoms. The van der Waals surface area contributed by atoms with Crippen molar-refractivity contribution in [3.63, 3.8) is 0 Å². The molecule has 1 aliphatic rings. The van der Waals surface area contributed by atoms with Gasteiger partial charge in [-0.25, -0.2) is 4.39 Å². The highest BCUT2D eigenvalue weighted by molar-refractivity contribution is 7.80. The van der Waals surface area contributed by atoms with Crippen molar-refractivity contribution in [2.45, 2.75) is 18.9 Å². The van der Waals surface area contributed by atoms with Crippen LogP contribution in [0.25, 0.3) is 0 Å². The lowest BCUT2D eigenvalue weighted by Crippen LogP contribution is -2.39. The van der Waals surface area contributed by atoms with Gasteiger partial charge in [0.25, 0.3) is 5.91 Å². The van der Waals surface area contributed by atoms with Gasteiger partial charge in [-0.05, 0) is 84.9 Å². The molecule has 1 aliphatic heterocycles. The largest absolute Gasteiger partial charge is 0.497 e. The Hall–Kier alpha value is -3.49. The van der Waals surface area contributed by atoms with Gasteiger partial charge in [0, 0.05) is 17.3 Å². The molecule has 4 rings (SSSR count). The number of hydrogen-bond acceptors (Lipinski definition) is 4. The summed E-state index contributed by atoms with van der Waals surface area (Å²) in [5.74, 6) is -0.402. The third kappa shape index (κ3) is 5.78. The number of benzene rings is 3. The fourth-order valence-electron chi connectivity index (χ4n) is 3.88. The van der Waals surface area contributed by atoms with E-state index in [0.29, 0.717) is 35.1 Å². The average Bonchev–Trinajstić information content (AvgIpc) is 3.08. The van der Waals surface area contributed by atoms with Crippen LogP contribution in [-0.2, 0) is 16.0 Å². The highest BCUT2D eigenvalue weighted by atomic mass is 35.5. The summed E-state index contributed by atoms with van der Waals surface area (Å²) in [6.07, 6.45) is 0.502. The van der Waals surface area contributed by atoms with E-state index in [1.807, 2.05) is 12.1 Å². The molecule has 2 amide bonds. The molecular weight excluding hydrogens is 489 g/mol. The molecule has 6 nitrogen and oxygen atoms in total. The summed E-state index contributed by atoms with van der Waals surface area (Å²) in [7, 11) is 1.56. The Morgan fingerprint density at radius 2 is 1.71 bits per heavy atom. The number of rotatable bonds is 8. The van der Waals surface area contributed by atoms with Crippen molar-refractivity contribution in [1.82, 2.24) is 4.90 Å². The van der Waals surface area contributed by atoms with Crippen molar-refractivity contribution in [3.05, 3.63) is 89.2 Å². The van der Waals surface area contributed by atoms with Crippen molar-refractivity contribution < 1.29 is 18.7 Å². The number of hydrogen-bond donors (Lipinski definition) is 1. The molecule has 1 atom stereocenters. The van der Waals surface area contributed by atoms with E-state index in [9.17, 15) is 14.0 Å². The molecule has 9 heteroatoms. The highest BCUT2D eigenvalue weighted by Crippen LogP contribution is 2.28. The number of amides is 2. The normalized spacial score (nSPS) is 15.5. The van der Waals surface area contributed by atoms with Crippen LogP contribution in [0.1, 0.15) is 12.0 Å². The SMILES string of the molecule is COc1ccc(NC(=O)C[C@H]2C(=O)N(c3ccc(F)cc3)C(=S)N2CCc2ccc(Cl)cc2)cc1. The molecule has 0 aliphatic carbocycles. The van der Waals surface area contributed by atoms with Crippen LogP contribution in [0.4, 0.5) is 15.8 Å². The Morgan fingerprint density at radius 3 is 2.34 bits per heavy atom. The zero-order valence-electron chi connectivity index (χ0n) is 18.9. The zero-order valence-corrected chi connectivity index (χ0v) is 20.5. The Bertz CT molecular complexity index is 1220. The summed E-state index contributed by atoms with van der Waals surface area (Å²) in [6, 6.07) is 19.1. The maximum Gasteiger partial charge on any atom is 0.256 e. The second kappa shape index (κ2) is 10.8. The maximum atomic E-state index is 13.5. The van der Waals surface area contributed by atoms with Gasteiger partial charge >= 0.3 is 0 Å². The predicted molar refractivity (Wildman–Crippen MR) is 138 cm³/mol. The van der Waals surface area contributed by atoms with Crippen molar-refractivity contribution in [2.75, 3.05) is 23.9 Å². The number of ether oxygens (including phenoxy) is 1. The van der Waals surface area contributed by atoms with Crippen LogP contribution in [0.15, 0.2) is 72.8 Å². The fourth-order valence-corrected chi connectivity index (χ4v) is 4.42. The number of nitrogens with zero attached hydrogens (tertiary/aromatic N) is 2. The molecule has 0 aromatic heterocycles. The lowest BCUT2D eigenvalue weighted by molar-refractivity contribution is -0.124. The lowest BCUT2D eigenvalue weighted by Gasteiger charge is -2.24. The number of halogens is 2. The molecule has 1 heterocycles. The molecule has 3 aromatic rings. The van der Waals surface area contributed by atoms with Gasteiger partial charge < -0.3 is 15.0 Å². The molecule has 1 saturated heterocycles. The Balaban J connectivity index is 1.54. The minimum Gasteiger partial charge on any atom is -0.497 e. The Labute approximate surface area is 213 Å². The zero-order chi connectivity index (χ0) is 24.9. The summed E-state index contributed by atoms with van der Waals surface area (Å²) >= 11 is 11.6. The first kappa shape index (κ1) is 24.6. The van der Waals surface area contributed by atoms with E-state index in [4.69, 9.17) is 28.6 Å². The van der Waals surface area contributed by atoms with Crippen LogP contribution in [-0.4, -0.2) is 41.5 Å². The smallest absolute Gasteiger partial charge is 0.256 e. The molecule has 0 unspecified atom stereocenters. The van der Waals surface area contributed by atoms with Gasteiger partial charge in [-0.2, -0.15) is 0 Å². The summed E-state index contributed by atoms with van der Waals surface area (Å²) in [4.78, 5) is 29.4. The first-order valence-electron chi connectivity index (χ1n) is 10.9. The van der Waals surface area contributed by atoms with E-state index in [-0.39, 0.29) is 23.3 Å². The monoisotopic (exact) mass is 511 g/mol. The van der Waals surface area contributed by atoms with Crippen molar-refractivity contribution in [1.29, 1.82) is 0 Å². The van der Waals surface area contributed by atoms with Crippen molar-refractivity contribution in [2.24, 2.45) is 0 Å². The summed E-state index contributed by atoms with van der Waals surface area (Å²) in [6.45, 7) is 0.421. The standard InChI is InChI=1S/C26H23ClFN3O3S/c1-34-22-12-8-20(9-13-22)29-24(32)16-23-25(33)31(21-10-6-19(28)7-11-21)26(35)30(23)15-14-17-2-4-18(27)5-3-17/h2-13,23H,14-16H2,1H3,(H,29,32)/t23-/m0/s1. The van der Waals surface area contributed by atoms with Crippen LogP contribution in [0.5, 0.6) is 5.75 Å². The van der Waals surface area contributed by atoms with Crippen LogP contribution < -0.4 is 15.0 Å².